The molecular formula is C14H18N2O4. The van der Waals surface area contributed by atoms with Crippen LogP contribution in [-0.2, 0) is 4.79 Å². The number of piperidine rings is 1. The molecule has 2 unspecified atom stereocenters. The molecule has 1 aromatic heterocycles. The number of aliphatic carboxylic acids is 1. The lowest BCUT2D eigenvalue weighted by atomic mass is 9.88. The van der Waals surface area contributed by atoms with Crippen molar-refractivity contribution < 1.29 is 14.7 Å². The van der Waals surface area contributed by atoms with Crippen molar-refractivity contribution in [3.63, 3.8) is 0 Å². The van der Waals surface area contributed by atoms with Crippen LogP contribution >= 0.6 is 0 Å². The highest BCUT2D eigenvalue weighted by molar-refractivity contribution is 5.96. The number of carboxylic acids is 1. The second-order valence-corrected chi connectivity index (χ2v) is 5.09. The lowest BCUT2D eigenvalue weighted by molar-refractivity contribution is -0.144. The van der Waals surface area contributed by atoms with Crippen LogP contribution in [0.3, 0.4) is 0 Å². The molecule has 2 atom stereocenters. The molecule has 0 aromatic carbocycles. The summed E-state index contributed by atoms with van der Waals surface area (Å²) in [7, 11) is 0. The first kappa shape index (κ1) is 14.3. The quantitative estimate of drug-likeness (QED) is 0.866. The number of likely N-dealkylation sites (tertiary alicyclic amines) is 1. The Kier molecular flexibility index (Phi) is 4.22. The number of aromatic nitrogens is 1. The number of nitrogens with zero attached hydrogens (tertiary/aromatic N) is 1. The average Bonchev–Trinajstić information content (AvgIpc) is 2.45. The van der Waals surface area contributed by atoms with Crippen LogP contribution < -0.4 is 5.56 Å². The number of hydrogen-bond donors (Lipinski definition) is 2. The van der Waals surface area contributed by atoms with E-state index < -0.39 is 17.9 Å². The van der Waals surface area contributed by atoms with E-state index in [0.717, 1.165) is 12.8 Å². The number of carbonyl (C=O) groups is 2. The lowest BCUT2D eigenvalue weighted by Crippen LogP contribution is -2.50. The summed E-state index contributed by atoms with van der Waals surface area (Å²) in [6, 6.07) is 1.89. The maximum atomic E-state index is 12.4. The number of nitrogens with one attached hydrogen (secondary N) is 1. The van der Waals surface area contributed by atoms with Crippen molar-refractivity contribution in [3.8, 4) is 0 Å². The van der Waals surface area contributed by atoms with Gasteiger partial charge >= 0.3 is 5.97 Å². The molecule has 20 heavy (non-hydrogen) atoms. The summed E-state index contributed by atoms with van der Waals surface area (Å²) in [6.45, 7) is 2.44. The number of carbonyl (C=O) groups excluding carboxylic acids is 1. The van der Waals surface area contributed by atoms with Crippen LogP contribution in [0.5, 0.6) is 0 Å². The Morgan fingerprint density at radius 3 is 2.85 bits per heavy atom. The van der Waals surface area contributed by atoms with Gasteiger partial charge in [-0.25, -0.2) is 4.79 Å². The van der Waals surface area contributed by atoms with Crippen LogP contribution in [0.1, 0.15) is 36.5 Å². The number of amides is 1. The van der Waals surface area contributed by atoms with Gasteiger partial charge in [0.25, 0.3) is 5.91 Å². The molecule has 0 radical (unpaired) electrons. The maximum Gasteiger partial charge on any atom is 0.326 e. The Hall–Kier alpha value is -2.11. The number of pyridine rings is 1. The molecule has 1 amide bonds. The zero-order chi connectivity index (χ0) is 14.7. The van der Waals surface area contributed by atoms with E-state index in [-0.39, 0.29) is 11.1 Å². The molecule has 0 aliphatic carbocycles. The Morgan fingerprint density at radius 1 is 1.50 bits per heavy atom. The van der Waals surface area contributed by atoms with Gasteiger partial charge in [-0.15, -0.1) is 0 Å². The summed E-state index contributed by atoms with van der Waals surface area (Å²) in [6.07, 6.45) is 3.58. The first-order chi connectivity index (χ1) is 9.52. The van der Waals surface area contributed by atoms with Crippen molar-refractivity contribution >= 4 is 11.9 Å². The van der Waals surface area contributed by atoms with Crippen LogP contribution in [0.15, 0.2) is 23.1 Å². The van der Waals surface area contributed by atoms with Crippen LogP contribution in [-0.4, -0.2) is 39.5 Å². The minimum absolute atomic E-state index is 0.231. The van der Waals surface area contributed by atoms with Crippen LogP contribution in [0.2, 0.25) is 0 Å². The van der Waals surface area contributed by atoms with Gasteiger partial charge in [0.15, 0.2) is 0 Å². The average molecular weight is 278 g/mol. The molecule has 2 heterocycles. The summed E-state index contributed by atoms with van der Waals surface area (Å²) in [4.78, 5) is 38.8. The summed E-state index contributed by atoms with van der Waals surface area (Å²) >= 11 is 0. The van der Waals surface area contributed by atoms with Gasteiger partial charge in [-0.2, -0.15) is 0 Å². The van der Waals surface area contributed by atoms with Crippen molar-refractivity contribution in [2.75, 3.05) is 6.54 Å². The van der Waals surface area contributed by atoms with E-state index in [1.165, 1.54) is 23.2 Å². The highest BCUT2D eigenvalue weighted by Crippen LogP contribution is 2.26. The minimum atomic E-state index is -0.985. The van der Waals surface area contributed by atoms with Gasteiger partial charge in [0, 0.05) is 24.4 Å². The fourth-order valence-electron chi connectivity index (χ4n) is 2.63. The molecule has 0 saturated carbocycles. The molecule has 2 N–H and O–H groups in total. The van der Waals surface area contributed by atoms with Gasteiger partial charge in [0.1, 0.15) is 6.04 Å². The Bertz CT molecular complexity index is 566. The van der Waals surface area contributed by atoms with Gasteiger partial charge in [-0.05, 0) is 24.8 Å². The fraction of sp³-hybridized carbons (Fsp3) is 0.500. The highest BCUT2D eigenvalue weighted by atomic mass is 16.4. The summed E-state index contributed by atoms with van der Waals surface area (Å²) in [5, 5.41) is 9.31. The number of H-pyrrole nitrogens is 1. The summed E-state index contributed by atoms with van der Waals surface area (Å²) in [5.41, 5.74) is -0.138. The van der Waals surface area contributed by atoms with Gasteiger partial charge < -0.3 is 15.0 Å². The normalized spacial score (nSPS) is 22.6. The Morgan fingerprint density at radius 2 is 2.25 bits per heavy atom. The summed E-state index contributed by atoms with van der Waals surface area (Å²) < 4.78 is 0. The van der Waals surface area contributed by atoms with E-state index >= 15 is 0 Å². The zero-order valence-corrected chi connectivity index (χ0v) is 11.3. The first-order valence-corrected chi connectivity index (χ1v) is 6.75. The number of rotatable bonds is 3. The first-order valence-electron chi connectivity index (χ1n) is 6.75. The number of aromatic amines is 1. The van der Waals surface area contributed by atoms with Gasteiger partial charge in [-0.1, -0.05) is 13.3 Å². The van der Waals surface area contributed by atoms with Gasteiger partial charge in [0.05, 0.1) is 0 Å². The van der Waals surface area contributed by atoms with E-state index in [2.05, 4.69) is 4.98 Å². The largest absolute Gasteiger partial charge is 0.480 e. The number of carboxylic acid groups (broad SMARTS) is 1. The van der Waals surface area contributed by atoms with Crippen LogP contribution in [0, 0.1) is 5.92 Å². The molecular weight excluding hydrogens is 260 g/mol. The molecule has 1 aromatic rings. The third kappa shape index (κ3) is 2.89. The van der Waals surface area contributed by atoms with E-state index in [1.54, 1.807) is 0 Å². The van der Waals surface area contributed by atoms with Gasteiger partial charge in [0.2, 0.25) is 5.56 Å². The lowest BCUT2D eigenvalue weighted by Gasteiger charge is -2.36. The summed E-state index contributed by atoms with van der Waals surface area (Å²) in [5.74, 6) is -1.04. The molecule has 0 spiro atoms. The molecule has 108 valence electrons. The molecule has 1 fully saturated rings. The SMILES string of the molecule is CCC1CCN(C(=O)c2cc[nH]c(=O)c2)C(C(=O)O)C1. The Balaban J connectivity index is 2.23. The van der Waals surface area contributed by atoms with Crippen molar-refractivity contribution in [1.82, 2.24) is 9.88 Å². The fourth-order valence-corrected chi connectivity index (χ4v) is 2.63. The van der Waals surface area contributed by atoms with Crippen LogP contribution in [0.4, 0.5) is 0 Å². The molecule has 1 saturated heterocycles. The highest BCUT2D eigenvalue weighted by Gasteiger charge is 2.35. The van der Waals surface area contributed by atoms with Crippen molar-refractivity contribution in [1.29, 1.82) is 0 Å². The molecule has 6 heteroatoms. The van der Waals surface area contributed by atoms with E-state index in [4.69, 9.17) is 0 Å². The minimum Gasteiger partial charge on any atom is -0.480 e. The monoisotopic (exact) mass is 278 g/mol. The van der Waals surface area contributed by atoms with Crippen molar-refractivity contribution in [2.45, 2.75) is 32.2 Å². The van der Waals surface area contributed by atoms with E-state index in [9.17, 15) is 19.5 Å². The second kappa shape index (κ2) is 5.90. The van der Waals surface area contributed by atoms with Crippen molar-refractivity contribution in [2.24, 2.45) is 5.92 Å². The molecule has 1 aliphatic rings. The Labute approximate surface area is 116 Å². The standard InChI is InChI=1S/C14H18N2O4/c1-2-9-4-6-16(11(7-9)14(19)20)13(18)10-3-5-15-12(17)8-10/h3,5,8-9,11H,2,4,6-7H2,1H3,(H,15,17)(H,19,20). The number of hydrogen-bond acceptors (Lipinski definition) is 3. The van der Waals surface area contributed by atoms with Crippen molar-refractivity contribution in [3.05, 3.63) is 34.2 Å². The predicted octanol–water partition coefficient (Wildman–Crippen LogP) is 1.09. The van der Waals surface area contributed by atoms with E-state index in [1.807, 2.05) is 6.92 Å². The van der Waals surface area contributed by atoms with Crippen LogP contribution in [0.25, 0.3) is 0 Å². The van der Waals surface area contributed by atoms with E-state index in [0.29, 0.717) is 18.9 Å². The molecule has 2 rings (SSSR count). The third-order valence-corrected chi connectivity index (χ3v) is 3.86. The topological polar surface area (TPSA) is 90.5 Å². The van der Waals surface area contributed by atoms with Gasteiger partial charge in [-0.3, -0.25) is 9.59 Å². The molecule has 1 aliphatic heterocycles. The maximum absolute atomic E-state index is 12.4. The molecule has 0 bridgehead atoms. The zero-order valence-electron chi connectivity index (χ0n) is 11.3. The molecule has 6 nitrogen and oxygen atoms in total. The predicted molar refractivity (Wildman–Crippen MR) is 72.5 cm³/mol. The third-order valence-electron chi connectivity index (χ3n) is 3.86. The smallest absolute Gasteiger partial charge is 0.326 e. The second-order valence-electron chi connectivity index (χ2n) is 5.09.